The number of anilines is 3. The molecule has 0 saturated heterocycles. The van der Waals surface area contributed by atoms with Crippen LogP contribution in [0.4, 0.5) is 21.6 Å². The number of rotatable bonds is 10. The first kappa shape index (κ1) is 24.2. The van der Waals surface area contributed by atoms with E-state index in [0.717, 1.165) is 12.8 Å². The molecule has 0 radical (unpaired) electrons. The number of nitrogens with one attached hydrogen (secondary N) is 3. The molecule has 33 heavy (non-hydrogen) atoms. The summed E-state index contributed by atoms with van der Waals surface area (Å²) < 4.78 is 19.2. The lowest BCUT2D eigenvalue weighted by molar-refractivity contribution is -0.124. The number of nitrogens with zero attached hydrogens (tertiary/aromatic N) is 2. The van der Waals surface area contributed by atoms with Gasteiger partial charge in [-0.1, -0.05) is 24.9 Å². The second kappa shape index (κ2) is 11.4. The molecule has 3 aromatic rings. The van der Waals surface area contributed by atoms with E-state index in [4.69, 9.17) is 16.3 Å². The van der Waals surface area contributed by atoms with Crippen molar-refractivity contribution in [3.05, 3.63) is 47.5 Å². The molecule has 1 aromatic heterocycles. The molecule has 8 nitrogen and oxygen atoms in total. The maximum absolute atomic E-state index is 13.5. The van der Waals surface area contributed by atoms with Crippen LogP contribution in [0.2, 0.25) is 5.02 Å². The monoisotopic (exact) mass is 473 g/mol. The lowest BCUT2D eigenvalue weighted by Crippen LogP contribution is -2.32. The molecule has 3 N–H and O–H groups in total. The minimum atomic E-state index is -0.525. The summed E-state index contributed by atoms with van der Waals surface area (Å²) >= 11 is 5.87. The molecule has 0 aliphatic carbocycles. The summed E-state index contributed by atoms with van der Waals surface area (Å²) in [5, 5.41) is 9.05. The fraction of sp³-hybridized carbons (Fsp3) is 0.304. The smallest absolute Gasteiger partial charge is 0.243 e. The van der Waals surface area contributed by atoms with Crippen molar-refractivity contribution >= 4 is 51.5 Å². The summed E-state index contributed by atoms with van der Waals surface area (Å²) in [4.78, 5) is 32.8. The number of carbonyl (C=O) groups is 2. The third-order valence-corrected chi connectivity index (χ3v) is 4.99. The van der Waals surface area contributed by atoms with Crippen molar-refractivity contribution in [1.29, 1.82) is 0 Å². The predicted octanol–water partition coefficient (Wildman–Crippen LogP) is 4.81. The Kier molecular flexibility index (Phi) is 8.37. The van der Waals surface area contributed by atoms with Crippen LogP contribution in [0.15, 0.2) is 36.7 Å². The number of aromatic nitrogens is 2. The van der Waals surface area contributed by atoms with Gasteiger partial charge in [0.2, 0.25) is 11.8 Å². The highest BCUT2D eigenvalue weighted by molar-refractivity contribution is 6.31. The first-order valence-electron chi connectivity index (χ1n) is 10.6. The number of amides is 2. The topological polar surface area (TPSA) is 105 Å². The zero-order chi connectivity index (χ0) is 23.8. The number of hydrogen-bond donors (Lipinski definition) is 3. The second-order valence-corrected chi connectivity index (χ2v) is 7.61. The average Bonchev–Trinajstić information content (AvgIpc) is 2.79. The number of fused-ring (bicyclic) bond motifs is 1. The van der Waals surface area contributed by atoms with Crippen LogP contribution in [0.1, 0.15) is 33.1 Å². The predicted molar refractivity (Wildman–Crippen MR) is 127 cm³/mol. The van der Waals surface area contributed by atoms with E-state index in [-0.39, 0.29) is 17.5 Å². The largest absolute Gasteiger partial charge is 0.492 e. The normalized spacial score (nSPS) is 10.7. The molecule has 0 saturated carbocycles. The second-order valence-electron chi connectivity index (χ2n) is 7.20. The standard InChI is InChI=1S/C23H25ClFN5O3/c1-3-5-6-21(31)26-12-22(32)30-19-10-15-18(11-20(19)33-4-2)27-13-28-23(15)29-14-7-8-17(25)16(24)9-14/h7-11,13H,3-6,12H2,1-2H3,(H,26,31)(H,30,32)(H,27,28,29). The van der Waals surface area contributed by atoms with Crippen LogP contribution in [0.3, 0.4) is 0 Å². The zero-order valence-corrected chi connectivity index (χ0v) is 19.1. The van der Waals surface area contributed by atoms with Gasteiger partial charge in [0.1, 0.15) is 23.7 Å². The molecule has 1 heterocycles. The van der Waals surface area contributed by atoms with Crippen LogP contribution in [0.25, 0.3) is 10.9 Å². The van der Waals surface area contributed by atoms with E-state index in [1.165, 1.54) is 24.5 Å². The van der Waals surface area contributed by atoms with E-state index in [2.05, 4.69) is 25.9 Å². The molecule has 10 heteroatoms. The summed E-state index contributed by atoms with van der Waals surface area (Å²) in [5.41, 5.74) is 1.53. The Morgan fingerprint density at radius 3 is 2.67 bits per heavy atom. The van der Waals surface area contributed by atoms with Crippen molar-refractivity contribution in [2.45, 2.75) is 33.1 Å². The van der Waals surface area contributed by atoms with Gasteiger partial charge in [0.25, 0.3) is 0 Å². The number of benzene rings is 2. The van der Waals surface area contributed by atoms with E-state index in [0.29, 0.717) is 46.9 Å². The third-order valence-electron chi connectivity index (χ3n) is 4.70. The van der Waals surface area contributed by atoms with Crippen LogP contribution in [0, 0.1) is 5.82 Å². The van der Waals surface area contributed by atoms with E-state index < -0.39 is 11.7 Å². The number of halogens is 2. The molecule has 3 rings (SSSR count). The van der Waals surface area contributed by atoms with Gasteiger partial charge in [-0.3, -0.25) is 9.59 Å². The number of carbonyl (C=O) groups excluding carboxylic acids is 2. The first-order chi connectivity index (χ1) is 15.9. The van der Waals surface area contributed by atoms with Gasteiger partial charge in [0.15, 0.2) is 0 Å². The Bertz CT molecular complexity index is 1160. The molecule has 0 unspecified atom stereocenters. The highest BCUT2D eigenvalue weighted by Crippen LogP contribution is 2.33. The van der Waals surface area contributed by atoms with Gasteiger partial charge in [-0.25, -0.2) is 14.4 Å². The van der Waals surface area contributed by atoms with Crippen molar-refractivity contribution in [3.8, 4) is 5.75 Å². The Morgan fingerprint density at radius 1 is 1.12 bits per heavy atom. The molecule has 0 bridgehead atoms. The summed E-state index contributed by atoms with van der Waals surface area (Å²) in [7, 11) is 0. The SMILES string of the molecule is CCCCC(=O)NCC(=O)Nc1cc2c(Nc3ccc(F)c(Cl)c3)ncnc2cc1OCC. The Morgan fingerprint density at radius 2 is 1.94 bits per heavy atom. The number of hydrogen-bond acceptors (Lipinski definition) is 6. The van der Waals surface area contributed by atoms with E-state index >= 15 is 0 Å². The van der Waals surface area contributed by atoms with Crippen LogP contribution in [-0.2, 0) is 9.59 Å². The van der Waals surface area contributed by atoms with Crippen molar-refractivity contribution in [2.75, 3.05) is 23.8 Å². The Balaban J connectivity index is 1.86. The van der Waals surface area contributed by atoms with E-state index in [1.807, 2.05) is 13.8 Å². The van der Waals surface area contributed by atoms with Gasteiger partial charge < -0.3 is 20.7 Å². The summed E-state index contributed by atoms with van der Waals surface area (Å²) in [5.74, 6) is -0.215. The van der Waals surface area contributed by atoms with Gasteiger partial charge >= 0.3 is 0 Å². The van der Waals surface area contributed by atoms with E-state index in [1.54, 1.807) is 12.1 Å². The fourth-order valence-electron chi connectivity index (χ4n) is 3.07. The molecule has 2 aromatic carbocycles. The summed E-state index contributed by atoms with van der Waals surface area (Å²) in [6, 6.07) is 7.61. The maximum Gasteiger partial charge on any atom is 0.243 e. The molecule has 0 spiro atoms. The van der Waals surface area contributed by atoms with Gasteiger partial charge in [-0.05, 0) is 37.6 Å². The van der Waals surface area contributed by atoms with Gasteiger partial charge in [0, 0.05) is 23.6 Å². The molecule has 2 amide bonds. The lowest BCUT2D eigenvalue weighted by atomic mass is 10.1. The van der Waals surface area contributed by atoms with Crippen molar-refractivity contribution in [1.82, 2.24) is 15.3 Å². The Labute approximate surface area is 195 Å². The molecule has 0 aliphatic rings. The molecule has 0 fully saturated rings. The van der Waals surface area contributed by atoms with Crippen molar-refractivity contribution in [3.63, 3.8) is 0 Å². The van der Waals surface area contributed by atoms with Crippen molar-refractivity contribution < 1.29 is 18.7 Å². The van der Waals surface area contributed by atoms with E-state index in [9.17, 15) is 14.0 Å². The van der Waals surface area contributed by atoms with Crippen LogP contribution >= 0.6 is 11.6 Å². The van der Waals surface area contributed by atoms with Crippen LogP contribution in [-0.4, -0.2) is 34.9 Å². The van der Waals surface area contributed by atoms with Crippen LogP contribution < -0.4 is 20.7 Å². The minimum Gasteiger partial charge on any atom is -0.492 e. The molecular weight excluding hydrogens is 449 g/mol. The average molecular weight is 474 g/mol. The third kappa shape index (κ3) is 6.52. The number of unbranched alkanes of at least 4 members (excludes halogenated alkanes) is 1. The zero-order valence-electron chi connectivity index (χ0n) is 18.4. The highest BCUT2D eigenvalue weighted by Gasteiger charge is 2.14. The maximum atomic E-state index is 13.5. The lowest BCUT2D eigenvalue weighted by Gasteiger charge is -2.15. The first-order valence-corrected chi connectivity index (χ1v) is 11.0. The molecule has 0 atom stereocenters. The van der Waals surface area contributed by atoms with Crippen molar-refractivity contribution in [2.24, 2.45) is 0 Å². The van der Waals surface area contributed by atoms with Crippen LogP contribution in [0.5, 0.6) is 5.75 Å². The Hall–Kier alpha value is -3.46. The summed E-state index contributed by atoms with van der Waals surface area (Å²) in [6.07, 6.45) is 3.43. The van der Waals surface area contributed by atoms with Gasteiger partial charge in [0.05, 0.1) is 29.4 Å². The number of ether oxygens (including phenoxy) is 1. The minimum absolute atomic E-state index is 0.0223. The highest BCUT2D eigenvalue weighted by atomic mass is 35.5. The van der Waals surface area contributed by atoms with Gasteiger partial charge in [-0.15, -0.1) is 0 Å². The van der Waals surface area contributed by atoms with Gasteiger partial charge in [-0.2, -0.15) is 0 Å². The fourth-order valence-corrected chi connectivity index (χ4v) is 3.25. The molecule has 0 aliphatic heterocycles. The quantitative estimate of drug-likeness (QED) is 0.390. The summed E-state index contributed by atoms with van der Waals surface area (Å²) in [6.45, 7) is 4.05. The molecule has 174 valence electrons. The molecular formula is C23H25ClFN5O3.